The van der Waals surface area contributed by atoms with Crippen molar-refractivity contribution in [2.75, 3.05) is 20.2 Å². The Morgan fingerprint density at radius 3 is 2.67 bits per heavy atom. The summed E-state index contributed by atoms with van der Waals surface area (Å²) in [4.78, 5) is 15.9. The van der Waals surface area contributed by atoms with Gasteiger partial charge in [0.1, 0.15) is 5.75 Å². The van der Waals surface area contributed by atoms with Gasteiger partial charge in [-0.25, -0.2) is 4.99 Å². The van der Waals surface area contributed by atoms with Gasteiger partial charge in [-0.3, -0.25) is 4.79 Å². The third kappa shape index (κ3) is 6.33. The van der Waals surface area contributed by atoms with Crippen LogP contribution < -0.4 is 21.1 Å². The molecule has 0 aromatic heterocycles. The average Bonchev–Trinajstić information content (AvgIpc) is 2.67. The highest BCUT2D eigenvalue weighted by molar-refractivity contribution is 5.92. The highest BCUT2D eigenvalue weighted by atomic mass is 16.5. The lowest BCUT2D eigenvalue weighted by Gasteiger charge is -2.12. The van der Waals surface area contributed by atoms with Crippen molar-refractivity contribution in [2.45, 2.75) is 26.8 Å². The number of aliphatic imine (C=N–C) groups is 1. The molecule has 0 saturated heterocycles. The van der Waals surface area contributed by atoms with E-state index in [1.165, 1.54) is 5.56 Å². The maximum atomic E-state index is 11.3. The molecule has 6 heteroatoms. The van der Waals surface area contributed by atoms with Gasteiger partial charge in [-0.2, -0.15) is 0 Å². The molecule has 2 rings (SSSR count). The first kappa shape index (κ1) is 20.3. The summed E-state index contributed by atoms with van der Waals surface area (Å²) in [7, 11) is 1.69. The molecule has 0 spiro atoms. The summed E-state index contributed by atoms with van der Waals surface area (Å²) in [5, 5.41) is 6.57. The fourth-order valence-electron chi connectivity index (χ4n) is 2.68. The topological polar surface area (TPSA) is 88.7 Å². The van der Waals surface area contributed by atoms with Crippen molar-refractivity contribution >= 4 is 11.9 Å². The normalized spacial score (nSPS) is 11.1. The summed E-state index contributed by atoms with van der Waals surface area (Å²) in [6, 6.07) is 13.5. The number of carbonyl (C=O) groups is 1. The largest absolute Gasteiger partial charge is 0.496 e. The SMILES string of the molecule is CCNC(=NCc1cccc(C(N)=O)c1)NCCc1ccc(C)c(OC)c1. The smallest absolute Gasteiger partial charge is 0.248 e. The molecule has 0 fully saturated rings. The average molecular weight is 368 g/mol. The molecule has 1 amide bonds. The van der Waals surface area contributed by atoms with Crippen LogP contribution in [-0.4, -0.2) is 32.1 Å². The van der Waals surface area contributed by atoms with Crippen molar-refractivity contribution in [1.29, 1.82) is 0 Å². The number of aryl methyl sites for hydroxylation is 1. The molecular weight excluding hydrogens is 340 g/mol. The van der Waals surface area contributed by atoms with Crippen molar-refractivity contribution < 1.29 is 9.53 Å². The Bertz CT molecular complexity index is 803. The number of amides is 1. The summed E-state index contributed by atoms with van der Waals surface area (Å²) in [5.41, 5.74) is 9.09. The van der Waals surface area contributed by atoms with Crippen molar-refractivity contribution in [3.63, 3.8) is 0 Å². The number of benzene rings is 2. The second-order valence-corrected chi connectivity index (χ2v) is 6.24. The van der Waals surface area contributed by atoms with E-state index in [0.29, 0.717) is 12.1 Å². The van der Waals surface area contributed by atoms with Gasteiger partial charge in [0, 0.05) is 18.7 Å². The minimum absolute atomic E-state index is 0.431. The number of carbonyl (C=O) groups excluding carboxylic acids is 1. The first-order chi connectivity index (χ1) is 13.0. The summed E-state index contributed by atoms with van der Waals surface area (Å²) in [5.74, 6) is 1.21. The number of guanidine groups is 1. The van der Waals surface area contributed by atoms with Gasteiger partial charge in [0.2, 0.25) is 5.91 Å². The molecule has 27 heavy (non-hydrogen) atoms. The van der Waals surface area contributed by atoms with Crippen LogP contribution in [0.15, 0.2) is 47.5 Å². The van der Waals surface area contributed by atoms with E-state index in [1.807, 2.05) is 26.0 Å². The Balaban J connectivity index is 1.95. The predicted molar refractivity (Wildman–Crippen MR) is 109 cm³/mol. The summed E-state index contributed by atoms with van der Waals surface area (Å²) >= 11 is 0. The van der Waals surface area contributed by atoms with Gasteiger partial charge in [0.05, 0.1) is 13.7 Å². The van der Waals surface area contributed by atoms with E-state index in [-0.39, 0.29) is 0 Å². The van der Waals surface area contributed by atoms with Gasteiger partial charge in [0.15, 0.2) is 5.96 Å². The van der Waals surface area contributed by atoms with E-state index in [4.69, 9.17) is 10.5 Å². The van der Waals surface area contributed by atoms with Crippen molar-refractivity contribution in [2.24, 2.45) is 10.7 Å². The van der Waals surface area contributed by atoms with Crippen LogP contribution in [0.25, 0.3) is 0 Å². The van der Waals surface area contributed by atoms with Crippen LogP contribution in [-0.2, 0) is 13.0 Å². The van der Waals surface area contributed by atoms with Crippen LogP contribution in [0.4, 0.5) is 0 Å². The molecule has 0 aliphatic rings. The van der Waals surface area contributed by atoms with Gasteiger partial charge >= 0.3 is 0 Å². The van der Waals surface area contributed by atoms with Crippen LogP contribution in [0, 0.1) is 6.92 Å². The monoisotopic (exact) mass is 368 g/mol. The molecule has 0 saturated carbocycles. The van der Waals surface area contributed by atoms with Gasteiger partial charge in [-0.15, -0.1) is 0 Å². The number of methoxy groups -OCH3 is 1. The van der Waals surface area contributed by atoms with E-state index in [1.54, 1.807) is 19.2 Å². The molecular formula is C21H28N4O2. The number of nitrogens with zero attached hydrogens (tertiary/aromatic N) is 1. The van der Waals surface area contributed by atoms with Gasteiger partial charge in [-0.1, -0.05) is 24.3 Å². The first-order valence-electron chi connectivity index (χ1n) is 9.08. The zero-order valence-electron chi connectivity index (χ0n) is 16.2. The fourth-order valence-corrected chi connectivity index (χ4v) is 2.68. The third-order valence-electron chi connectivity index (χ3n) is 4.15. The highest BCUT2D eigenvalue weighted by Crippen LogP contribution is 2.19. The standard InChI is InChI=1S/C21H28N4O2/c1-4-23-21(25-14-17-6-5-7-18(12-17)20(22)26)24-11-10-16-9-8-15(2)19(13-16)27-3/h5-9,12-13H,4,10-11,14H2,1-3H3,(H2,22,26)(H2,23,24,25). The van der Waals surface area contributed by atoms with E-state index in [9.17, 15) is 4.79 Å². The Hall–Kier alpha value is -3.02. The van der Waals surface area contributed by atoms with Gasteiger partial charge < -0.3 is 21.1 Å². The number of rotatable bonds is 8. The molecule has 4 N–H and O–H groups in total. The van der Waals surface area contributed by atoms with Gasteiger partial charge in [-0.05, 0) is 55.2 Å². The number of ether oxygens (including phenoxy) is 1. The van der Waals surface area contributed by atoms with Crippen molar-refractivity contribution in [3.05, 3.63) is 64.7 Å². The Morgan fingerprint density at radius 2 is 1.96 bits per heavy atom. The summed E-state index contributed by atoms with van der Waals surface area (Å²) < 4.78 is 5.38. The maximum absolute atomic E-state index is 11.3. The first-order valence-corrected chi connectivity index (χ1v) is 9.08. The quantitative estimate of drug-likeness (QED) is 0.493. The lowest BCUT2D eigenvalue weighted by atomic mass is 10.1. The maximum Gasteiger partial charge on any atom is 0.248 e. The van der Waals surface area contributed by atoms with Crippen molar-refractivity contribution in [1.82, 2.24) is 10.6 Å². The number of hydrogen-bond acceptors (Lipinski definition) is 3. The number of nitrogens with two attached hydrogens (primary N) is 1. The second-order valence-electron chi connectivity index (χ2n) is 6.24. The molecule has 6 nitrogen and oxygen atoms in total. The van der Waals surface area contributed by atoms with Crippen LogP contribution in [0.1, 0.15) is 34.0 Å². The van der Waals surface area contributed by atoms with Crippen LogP contribution in [0.2, 0.25) is 0 Å². The van der Waals surface area contributed by atoms with Crippen LogP contribution >= 0.6 is 0 Å². The van der Waals surface area contributed by atoms with E-state index in [0.717, 1.165) is 42.3 Å². The molecule has 0 bridgehead atoms. The Morgan fingerprint density at radius 1 is 1.15 bits per heavy atom. The summed E-state index contributed by atoms with van der Waals surface area (Å²) in [6.07, 6.45) is 0.859. The molecule has 0 unspecified atom stereocenters. The van der Waals surface area contributed by atoms with Crippen LogP contribution in [0.3, 0.4) is 0 Å². The lowest BCUT2D eigenvalue weighted by molar-refractivity contribution is 0.1000. The fraction of sp³-hybridized carbons (Fsp3) is 0.333. The molecule has 0 heterocycles. The van der Waals surface area contributed by atoms with Crippen molar-refractivity contribution in [3.8, 4) is 5.75 Å². The molecule has 0 atom stereocenters. The molecule has 0 radical (unpaired) electrons. The number of nitrogens with one attached hydrogen (secondary N) is 2. The Kier molecular flexibility index (Phi) is 7.67. The van der Waals surface area contributed by atoms with E-state index >= 15 is 0 Å². The number of primary amides is 1. The minimum Gasteiger partial charge on any atom is -0.496 e. The third-order valence-corrected chi connectivity index (χ3v) is 4.15. The molecule has 2 aromatic carbocycles. The Labute approximate surface area is 160 Å². The molecule has 0 aliphatic carbocycles. The summed E-state index contributed by atoms with van der Waals surface area (Å²) in [6.45, 7) is 6.04. The highest BCUT2D eigenvalue weighted by Gasteiger charge is 2.03. The van der Waals surface area contributed by atoms with Crippen LogP contribution in [0.5, 0.6) is 5.75 Å². The second kappa shape index (κ2) is 10.2. The van der Waals surface area contributed by atoms with E-state index < -0.39 is 5.91 Å². The van der Waals surface area contributed by atoms with Gasteiger partial charge in [0.25, 0.3) is 0 Å². The predicted octanol–water partition coefficient (Wildman–Crippen LogP) is 2.40. The molecule has 144 valence electrons. The molecule has 2 aromatic rings. The minimum atomic E-state index is -0.431. The van der Waals surface area contributed by atoms with E-state index in [2.05, 4.69) is 33.8 Å². The zero-order chi connectivity index (χ0) is 19.6. The lowest BCUT2D eigenvalue weighted by Crippen LogP contribution is -2.38. The molecule has 0 aliphatic heterocycles. The zero-order valence-corrected chi connectivity index (χ0v) is 16.2. The number of hydrogen-bond donors (Lipinski definition) is 3.